The summed E-state index contributed by atoms with van der Waals surface area (Å²) in [6, 6.07) is 6.40. The van der Waals surface area contributed by atoms with Gasteiger partial charge in [0.15, 0.2) is 0 Å². The van der Waals surface area contributed by atoms with Crippen LogP contribution >= 0.6 is 0 Å². The van der Waals surface area contributed by atoms with Gasteiger partial charge in [0.05, 0.1) is 6.54 Å². The molecule has 3 nitrogen and oxygen atoms in total. The molecule has 0 aromatic heterocycles. The molecule has 0 aliphatic carbocycles. The number of rotatable bonds is 5. The van der Waals surface area contributed by atoms with Crippen LogP contribution in [0.1, 0.15) is 44.7 Å². The number of likely N-dealkylation sites (tertiary alicyclic amines) is 1. The fourth-order valence-corrected chi connectivity index (χ4v) is 3.00. The van der Waals surface area contributed by atoms with Crippen molar-refractivity contribution in [2.24, 2.45) is 5.92 Å². The molecule has 1 amide bonds. The predicted octanol–water partition coefficient (Wildman–Crippen LogP) is 3.48. The second-order valence-electron chi connectivity index (χ2n) is 6.08. The molecule has 1 saturated heterocycles. The van der Waals surface area contributed by atoms with Crippen LogP contribution in [-0.4, -0.2) is 30.4 Å². The molecule has 0 radical (unpaired) electrons. The van der Waals surface area contributed by atoms with E-state index in [9.17, 15) is 4.79 Å². The Morgan fingerprint density at radius 1 is 1.19 bits per heavy atom. The molecular formula is C18H28N2O. The molecule has 0 atom stereocenters. The number of aryl methyl sites for hydroxylation is 2. The Bertz CT molecular complexity index is 454. The Hall–Kier alpha value is -1.51. The summed E-state index contributed by atoms with van der Waals surface area (Å²) >= 11 is 0. The van der Waals surface area contributed by atoms with E-state index in [4.69, 9.17) is 0 Å². The first-order chi connectivity index (χ1) is 10.2. The van der Waals surface area contributed by atoms with Crippen LogP contribution in [-0.2, 0) is 17.6 Å². The molecule has 3 heteroatoms. The van der Waals surface area contributed by atoms with E-state index in [1.165, 1.54) is 16.8 Å². The smallest absolute Gasteiger partial charge is 0.241 e. The van der Waals surface area contributed by atoms with Crippen LogP contribution in [0.2, 0.25) is 0 Å². The number of nitrogens with one attached hydrogen (secondary N) is 1. The lowest BCUT2D eigenvalue weighted by Crippen LogP contribution is -2.41. The maximum Gasteiger partial charge on any atom is 0.241 e. The molecular weight excluding hydrogens is 260 g/mol. The van der Waals surface area contributed by atoms with Gasteiger partial charge in [-0.15, -0.1) is 0 Å². The van der Waals surface area contributed by atoms with Gasteiger partial charge < -0.3 is 10.2 Å². The second kappa shape index (κ2) is 7.48. The van der Waals surface area contributed by atoms with Crippen molar-refractivity contribution in [1.29, 1.82) is 0 Å². The first kappa shape index (κ1) is 15.9. The molecule has 1 N–H and O–H groups in total. The van der Waals surface area contributed by atoms with Gasteiger partial charge in [-0.25, -0.2) is 0 Å². The van der Waals surface area contributed by atoms with Crippen LogP contribution < -0.4 is 5.32 Å². The van der Waals surface area contributed by atoms with E-state index in [1.807, 2.05) is 4.90 Å². The molecule has 1 fully saturated rings. The second-order valence-corrected chi connectivity index (χ2v) is 6.08. The molecule has 1 heterocycles. The summed E-state index contributed by atoms with van der Waals surface area (Å²) in [5.74, 6) is 0.990. The van der Waals surface area contributed by atoms with Crippen molar-refractivity contribution in [1.82, 2.24) is 4.90 Å². The third-order valence-electron chi connectivity index (χ3n) is 4.55. The van der Waals surface area contributed by atoms with E-state index in [2.05, 4.69) is 44.3 Å². The number of anilines is 1. The SMILES string of the molecule is CCc1cccc(CC)c1NCC(=O)N1CCC(C)CC1. The fraction of sp³-hybridized carbons (Fsp3) is 0.611. The van der Waals surface area contributed by atoms with Crippen molar-refractivity contribution in [3.63, 3.8) is 0 Å². The third kappa shape index (κ3) is 3.99. The zero-order valence-electron chi connectivity index (χ0n) is 13.6. The topological polar surface area (TPSA) is 32.3 Å². The third-order valence-corrected chi connectivity index (χ3v) is 4.55. The molecule has 1 aromatic carbocycles. The molecule has 1 aliphatic rings. The average molecular weight is 288 g/mol. The predicted molar refractivity (Wildman–Crippen MR) is 88.7 cm³/mol. The molecule has 1 aliphatic heterocycles. The van der Waals surface area contributed by atoms with E-state index in [0.29, 0.717) is 6.54 Å². The summed E-state index contributed by atoms with van der Waals surface area (Å²) in [5, 5.41) is 3.40. The molecule has 2 rings (SSSR count). The normalized spacial score (nSPS) is 16.0. The van der Waals surface area contributed by atoms with Crippen LogP contribution in [0.4, 0.5) is 5.69 Å². The van der Waals surface area contributed by atoms with Crippen LogP contribution in [0.5, 0.6) is 0 Å². The molecule has 1 aromatic rings. The first-order valence-corrected chi connectivity index (χ1v) is 8.28. The number of carbonyl (C=O) groups excluding carboxylic acids is 1. The summed E-state index contributed by atoms with van der Waals surface area (Å²) in [6.07, 6.45) is 4.26. The van der Waals surface area contributed by atoms with Crippen molar-refractivity contribution in [3.8, 4) is 0 Å². The number of carbonyl (C=O) groups is 1. The van der Waals surface area contributed by atoms with Gasteiger partial charge in [-0.2, -0.15) is 0 Å². The van der Waals surface area contributed by atoms with Gasteiger partial charge in [-0.3, -0.25) is 4.79 Å². The Balaban J connectivity index is 1.98. The Kier molecular flexibility index (Phi) is 5.66. The number of para-hydroxylation sites is 1. The number of benzene rings is 1. The monoisotopic (exact) mass is 288 g/mol. The maximum absolute atomic E-state index is 12.3. The lowest BCUT2D eigenvalue weighted by atomic mass is 9.99. The fourth-order valence-electron chi connectivity index (χ4n) is 3.00. The minimum atomic E-state index is 0.231. The maximum atomic E-state index is 12.3. The van der Waals surface area contributed by atoms with Crippen LogP contribution in [0.15, 0.2) is 18.2 Å². The van der Waals surface area contributed by atoms with Crippen molar-refractivity contribution in [2.45, 2.75) is 46.5 Å². The highest BCUT2D eigenvalue weighted by Crippen LogP contribution is 2.22. The zero-order valence-corrected chi connectivity index (χ0v) is 13.6. The lowest BCUT2D eigenvalue weighted by molar-refractivity contribution is -0.130. The molecule has 0 unspecified atom stereocenters. The average Bonchev–Trinajstić information content (AvgIpc) is 2.52. The van der Waals surface area contributed by atoms with Gasteiger partial charge in [-0.1, -0.05) is 39.0 Å². The highest BCUT2D eigenvalue weighted by molar-refractivity contribution is 5.81. The van der Waals surface area contributed by atoms with Crippen molar-refractivity contribution in [3.05, 3.63) is 29.3 Å². The Labute approximate surface area is 128 Å². The number of piperidine rings is 1. The molecule has 0 spiro atoms. The van der Waals surface area contributed by atoms with Crippen LogP contribution in [0.25, 0.3) is 0 Å². The van der Waals surface area contributed by atoms with E-state index in [-0.39, 0.29) is 5.91 Å². The largest absolute Gasteiger partial charge is 0.376 e. The highest BCUT2D eigenvalue weighted by atomic mass is 16.2. The summed E-state index contributed by atoms with van der Waals surface area (Å²) in [4.78, 5) is 14.3. The number of hydrogen-bond acceptors (Lipinski definition) is 2. The summed E-state index contributed by atoms with van der Waals surface area (Å²) in [5.41, 5.74) is 3.77. The van der Waals surface area contributed by atoms with Gasteiger partial charge in [0, 0.05) is 18.8 Å². The summed E-state index contributed by atoms with van der Waals surface area (Å²) < 4.78 is 0. The summed E-state index contributed by atoms with van der Waals surface area (Å²) in [6.45, 7) is 8.83. The van der Waals surface area contributed by atoms with E-state index in [0.717, 1.165) is 44.7 Å². The van der Waals surface area contributed by atoms with E-state index < -0.39 is 0 Å². The van der Waals surface area contributed by atoms with Gasteiger partial charge in [-0.05, 0) is 42.7 Å². The lowest BCUT2D eigenvalue weighted by Gasteiger charge is -2.30. The van der Waals surface area contributed by atoms with Crippen molar-refractivity contribution >= 4 is 11.6 Å². The molecule has 0 bridgehead atoms. The minimum absolute atomic E-state index is 0.231. The van der Waals surface area contributed by atoms with Crippen molar-refractivity contribution in [2.75, 3.05) is 25.0 Å². The van der Waals surface area contributed by atoms with E-state index in [1.54, 1.807) is 0 Å². The zero-order chi connectivity index (χ0) is 15.2. The first-order valence-electron chi connectivity index (χ1n) is 8.28. The van der Waals surface area contributed by atoms with Gasteiger partial charge in [0.1, 0.15) is 0 Å². The highest BCUT2D eigenvalue weighted by Gasteiger charge is 2.20. The number of nitrogens with zero attached hydrogens (tertiary/aromatic N) is 1. The van der Waals surface area contributed by atoms with Crippen LogP contribution in [0, 0.1) is 5.92 Å². The van der Waals surface area contributed by atoms with Crippen LogP contribution in [0.3, 0.4) is 0 Å². The van der Waals surface area contributed by atoms with Gasteiger partial charge >= 0.3 is 0 Å². The van der Waals surface area contributed by atoms with Gasteiger partial charge in [0.25, 0.3) is 0 Å². The molecule has 21 heavy (non-hydrogen) atoms. The van der Waals surface area contributed by atoms with Crippen molar-refractivity contribution < 1.29 is 4.79 Å². The molecule has 0 saturated carbocycles. The minimum Gasteiger partial charge on any atom is -0.376 e. The number of amides is 1. The Morgan fingerprint density at radius 3 is 2.29 bits per heavy atom. The quantitative estimate of drug-likeness (QED) is 0.899. The Morgan fingerprint density at radius 2 is 1.76 bits per heavy atom. The standard InChI is InChI=1S/C18H28N2O/c1-4-15-7-6-8-16(5-2)18(15)19-13-17(21)20-11-9-14(3)10-12-20/h6-8,14,19H,4-5,9-13H2,1-3H3. The van der Waals surface area contributed by atoms with Gasteiger partial charge in [0.2, 0.25) is 5.91 Å². The molecule has 116 valence electrons. The number of hydrogen-bond donors (Lipinski definition) is 1. The summed E-state index contributed by atoms with van der Waals surface area (Å²) in [7, 11) is 0. The van der Waals surface area contributed by atoms with E-state index >= 15 is 0 Å².